The highest BCUT2D eigenvalue weighted by molar-refractivity contribution is 9.10. The molecule has 1 saturated carbocycles. The van der Waals surface area contributed by atoms with E-state index in [4.69, 9.17) is 16.9 Å². The number of halogens is 2. The van der Waals surface area contributed by atoms with Gasteiger partial charge in [0.25, 0.3) is 0 Å². The summed E-state index contributed by atoms with van der Waals surface area (Å²) in [5.74, 6) is -0.265. The van der Waals surface area contributed by atoms with Crippen molar-refractivity contribution in [3.05, 3.63) is 27.7 Å². The molecule has 0 heterocycles. The van der Waals surface area contributed by atoms with Gasteiger partial charge in [-0.1, -0.05) is 27.5 Å². The average molecular weight is 300 g/mol. The highest BCUT2D eigenvalue weighted by Gasteiger charge is 2.50. The van der Waals surface area contributed by atoms with E-state index in [9.17, 15) is 4.79 Å². The maximum absolute atomic E-state index is 11.8. The second-order valence-electron chi connectivity index (χ2n) is 3.77. The topological polar surface area (TPSA) is 52.9 Å². The van der Waals surface area contributed by atoms with Crippen LogP contribution in [0.15, 0.2) is 22.7 Å². The number of anilines is 1. The fraction of sp³-hybridized carbons (Fsp3) is 0.273. The number of hydrogen-bond donors (Lipinski definition) is 1. The predicted octanol–water partition coefficient (Wildman–Crippen LogP) is 3.34. The van der Waals surface area contributed by atoms with E-state index in [-0.39, 0.29) is 5.91 Å². The summed E-state index contributed by atoms with van der Waals surface area (Å²) < 4.78 is 0.844. The standard InChI is InChI=1S/C11H8BrClN2O/c12-7-1-2-9(8(13)5-7)15-10(16)11(6-14)3-4-11/h1-2,5H,3-4H2,(H,15,16). The van der Waals surface area contributed by atoms with Gasteiger partial charge in [0.1, 0.15) is 5.41 Å². The van der Waals surface area contributed by atoms with Crippen LogP contribution in [-0.4, -0.2) is 5.91 Å². The summed E-state index contributed by atoms with van der Waals surface area (Å²) in [5.41, 5.74) is -0.285. The van der Waals surface area contributed by atoms with Crippen molar-refractivity contribution in [2.45, 2.75) is 12.8 Å². The van der Waals surface area contributed by atoms with Crippen LogP contribution in [-0.2, 0) is 4.79 Å². The molecule has 0 aliphatic heterocycles. The van der Waals surface area contributed by atoms with Crippen molar-refractivity contribution in [3.63, 3.8) is 0 Å². The summed E-state index contributed by atoms with van der Waals surface area (Å²) >= 11 is 9.24. The summed E-state index contributed by atoms with van der Waals surface area (Å²) in [7, 11) is 0. The Bertz CT molecular complexity index is 491. The molecule has 0 radical (unpaired) electrons. The largest absolute Gasteiger partial charge is 0.323 e. The molecule has 0 aromatic heterocycles. The number of rotatable bonds is 2. The lowest BCUT2D eigenvalue weighted by Crippen LogP contribution is -2.22. The Morgan fingerprint density at radius 2 is 2.25 bits per heavy atom. The molecular formula is C11H8BrClN2O. The van der Waals surface area contributed by atoms with Crippen LogP contribution in [0.25, 0.3) is 0 Å². The summed E-state index contributed by atoms with van der Waals surface area (Å²) in [6.07, 6.45) is 1.26. The van der Waals surface area contributed by atoms with Gasteiger partial charge in [-0.2, -0.15) is 5.26 Å². The first-order valence-corrected chi connectivity index (χ1v) is 5.92. The second-order valence-corrected chi connectivity index (χ2v) is 5.10. The maximum atomic E-state index is 11.8. The molecule has 0 atom stereocenters. The van der Waals surface area contributed by atoms with Gasteiger partial charge in [-0.15, -0.1) is 0 Å². The van der Waals surface area contributed by atoms with Crippen LogP contribution in [0, 0.1) is 16.7 Å². The molecule has 3 nitrogen and oxygen atoms in total. The highest BCUT2D eigenvalue weighted by Crippen LogP contribution is 2.46. The molecule has 1 aliphatic rings. The molecular weight excluding hydrogens is 291 g/mol. The van der Waals surface area contributed by atoms with E-state index >= 15 is 0 Å². The molecule has 5 heteroatoms. The third-order valence-corrected chi connectivity index (χ3v) is 3.38. The van der Waals surface area contributed by atoms with Gasteiger partial charge in [0, 0.05) is 4.47 Å². The number of nitrogens with one attached hydrogen (secondary N) is 1. The Hall–Kier alpha value is -1.05. The third-order valence-electron chi connectivity index (χ3n) is 2.58. The van der Waals surface area contributed by atoms with Crippen molar-refractivity contribution in [2.75, 3.05) is 5.32 Å². The molecule has 0 spiro atoms. The van der Waals surface area contributed by atoms with Crippen LogP contribution in [0.3, 0.4) is 0 Å². The number of amides is 1. The zero-order valence-electron chi connectivity index (χ0n) is 8.26. The van der Waals surface area contributed by atoms with Gasteiger partial charge in [0.15, 0.2) is 0 Å². The molecule has 0 saturated heterocycles. The van der Waals surface area contributed by atoms with Crippen molar-refractivity contribution < 1.29 is 4.79 Å². The SMILES string of the molecule is N#CC1(C(=O)Nc2ccc(Br)cc2Cl)CC1. The number of benzene rings is 1. The van der Waals surface area contributed by atoms with Crippen LogP contribution in [0.4, 0.5) is 5.69 Å². The number of carbonyl (C=O) groups excluding carboxylic acids is 1. The van der Waals surface area contributed by atoms with Crippen LogP contribution < -0.4 is 5.32 Å². The van der Waals surface area contributed by atoms with Crippen molar-refractivity contribution in [1.29, 1.82) is 5.26 Å². The lowest BCUT2D eigenvalue weighted by Gasteiger charge is -2.09. The van der Waals surface area contributed by atoms with Crippen LogP contribution in [0.2, 0.25) is 5.02 Å². The molecule has 0 unspecified atom stereocenters. The van der Waals surface area contributed by atoms with Crippen molar-refractivity contribution >= 4 is 39.1 Å². The highest BCUT2D eigenvalue weighted by atomic mass is 79.9. The summed E-state index contributed by atoms with van der Waals surface area (Å²) in [6, 6.07) is 7.23. The number of nitriles is 1. The summed E-state index contributed by atoms with van der Waals surface area (Å²) in [5, 5.41) is 12.0. The van der Waals surface area contributed by atoms with E-state index in [1.165, 1.54) is 0 Å². The predicted molar refractivity (Wildman–Crippen MR) is 65.1 cm³/mol. The normalized spacial score (nSPS) is 16.3. The zero-order valence-corrected chi connectivity index (χ0v) is 10.6. The second kappa shape index (κ2) is 4.08. The molecule has 1 amide bonds. The van der Waals surface area contributed by atoms with Crippen LogP contribution in [0.1, 0.15) is 12.8 Å². The molecule has 1 aromatic rings. The molecule has 1 aromatic carbocycles. The molecule has 0 bridgehead atoms. The van der Waals surface area contributed by atoms with Crippen molar-refractivity contribution in [2.24, 2.45) is 5.41 Å². The van der Waals surface area contributed by atoms with Gasteiger partial charge < -0.3 is 5.32 Å². The first-order chi connectivity index (χ1) is 7.57. The van der Waals surface area contributed by atoms with Gasteiger partial charge in [0.05, 0.1) is 16.8 Å². The fourth-order valence-electron chi connectivity index (χ4n) is 1.35. The summed E-state index contributed by atoms with van der Waals surface area (Å²) in [6.45, 7) is 0. The van der Waals surface area contributed by atoms with E-state index in [1.807, 2.05) is 6.07 Å². The van der Waals surface area contributed by atoms with Crippen molar-refractivity contribution in [1.82, 2.24) is 0 Å². The quantitative estimate of drug-likeness (QED) is 0.910. The fourth-order valence-corrected chi connectivity index (χ4v) is 2.07. The Balaban J connectivity index is 2.16. The molecule has 82 valence electrons. The summed E-state index contributed by atoms with van der Waals surface area (Å²) in [4.78, 5) is 11.8. The van der Waals surface area contributed by atoms with Crippen LogP contribution >= 0.6 is 27.5 Å². The third kappa shape index (κ3) is 2.06. The lowest BCUT2D eigenvalue weighted by molar-refractivity contribution is -0.119. The van der Waals surface area contributed by atoms with E-state index in [2.05, 4.69) is 21.2 Å². The van der Waals surface area contributed by atoms with Crippen LogP contribution in [0.5, 0.6) is 0 Å². The Kier molecular flexibility index (Phi) is 2.92. The van der Waals surface area contributed by atoms with Gasteiger partial charge in [-0.25, -0.2) is 0 Å². The average Bonchev–Trinajstić information content (AvgIpc) is 3.03. The molecule has 1 aliphatic carbocycles. The molecule has 2 rings (SSSR count). The maximum Gasteiger partial charge on any atom is 0.244 e. The molecule has 1 N–H and O–H groups in total. The van der Waals surface area contributed by atoms with E-state index in [0.717, 1.165) is 4.47 Å². The number of nitrogens with zero attached hydrogens (tertiary/aromatic N) is 1. The number of hydrogen-bond acceptors (Lipinski definition) is 2. The minimum Gasteiger partial charge on any atom is -0.323 e. The van der Waals surface area contributed by atoms with Gasteiger partial charge in [0.2, 0.25) is 5.91 Å². The van der Waals surface area contributed by atoms with E-state index in [0.29, 0.717) is 23.6 Å². The minimum absolute atomic E-state index is 0.265. The van der Waals surface area contributed by atoms with E-state index in [1.54, 1.807) is 18.2 Å². The van der Waals surface area contributed by atoms with Gasteiger partial charge in [-0.05, 0) is 31.0 Å². The Morgan fingerprint density at radius 3 is 2.75 bits per heavy atom. The Labute approximate surface area is 107 Å². The first kappa shape index (κ1) is 11.4. The van der Waals surface area contributed by atoms with E-state index < -0.39 is 5.41 Å². The first-order valence-electron chi connectivity index (χ1n) is 4.75. The monoisotopic (exact) mass is 298 g/mol. The molecule has 1 fully saturated rings. The van der Waals surface area contributed by atoms with Gasteiger partial charge in [-0.3, -0.25) is 4.79 Å². The zero-order chi connectivity index (χ0) is 11.8. The molecule has 16 heavy (non-hydrogen) atoms. The number of carbonyl (C=O) groups is 1. The van der Waals surface area contributed by atoms with Crippen molar-refractivity contribution in [3.8, 4) is 6.07 Å². The minimum atomic E-state index is -0.823. The lowest BCUT2D eigenvalue weighted by atomic mass is 10.1. The smallest absolute Gasteiger partial charge is 0.244 e. The van der Waals surface area contributed by atoms with Gasteiger partial charge >= 0.3 is 0 Å². The Morgan fingerprint density at radius 1 is 1.56 bits per heavy atom.